The highest BCUT2D eigenvalue weighted by atomic mass is 15.2. The highest BCUT2D eigenvalue weighted by molar-refractivity contribution is 5.67. The Labute approximate surface area is 106 Å². The molecule has 0 spiro atoms. The average molecular weight is 238 g/mol. The Morgan fingerprint density at radius 1 is 1.33 bits per heavy atom. The van der Waals surface area contributed by atoms with Crippen molar-refractivity contribution in [1.82, 2.24) is 9.55 Å². The molecule has 4 heteroatoms. The normalized spacial score (nSPS) is 15.2. The minimum absolute atomic E-state index is 0.305. The second-order valence-corrected chi connectivity index (χ2v) is 5.07. The van der Waals surface area contributed by atoms with Gasteiger partial charge in [-0.2, -0.15) is 5.26 Å². The maximum atomic E-state index is 9.23. The standard InChI is InChI=1S/C14H14N4/c1-9-16-11(8-15)13-14(2,3)17-10-6-4-5-7-12(10)18(9)13/h4-7,17H,1-3H3. The van der Waals surface area contributed by atoms with Crippen LogP contribution in [0.25, 0.3) is 5.69 Å². The van der Waals surface area contributed by atoms with Crippen molar-refractivity contribution in [3.63, 3.8) is 0 Å². The lowest BCUT2D eigenvalue weighted by Crippen LogP contribution is -2.35. The molecule has 0 aliphatic carbocycles. The molecule has 0 saturated heterocycles. The van der Waals surface area contributed by atoms with Crippen molar-refractivity contribution in [3.05, 3.63) is 41.5 Å². The summed E-state index contributed by atoms with van der Waals surface area (Å²) in [5, 5.41) is 12.7. The Kier molecular flexibility index (Phi) is 2.02. The summed E-state index contributed by atoms with van der Waals surface area (Å²) in [5.74, 6) is 0.851. The number of aromatic nitrogens is 2. The first-order chi connectivity index (χ1) is 8.54. The molecule has 0 bridgehead atoms. The van der Waals surface area contributed by atoms with E-state index in [2.05, 4.69) is 34.8 Å². The van der Waals surface area contributed by atoms with Gasteiger partial charge in [-0.1, -0.05) is 12.1 Å². The monoisotopic (exact) mass is 238 g/mol. The molecule has 0 fully saturated rings. The molecule has 2 aromatic rings. The summed E-state index contributed by atoms with van der Waals surface area (Å²) in [4.78, 5) is 4.37. The number of hydrogen-bond donors (Lipinski definition) is 1. The maximum absolute atomic E-state index is 9.23. The number of fused-ring (bicyclic) bond motifs is 3. The van der Waals surface area contributed by atoms with E-state index in [1.165, 1.54) is 0 Å². The zero-order chi connectivity index (χ0) is 12.9. The molecular formula is C14H14N4. The quantitative estimate of drug-likeness (QED) is 0.767. The molecule has 0 radical (unpaired) electrons. The Morgan fingerprint density at radius 2 is 2.06 bits per heavy atom. The Hall–Kier alpha value is -2.28. The van der Waals surface area contributed by atoms with E-state index in [0.717, 1.165) is 22.9 Å². The number of benzene rings is 1. The lowest BCUT2D eigenvalue weighted by Gasteiger charge is -2.35. The summed E-state index contributed by atoms with van der Waals surface area (Å²) in [7, 11) is 0. The molecule has 1 aromatic heterocycles. The van der Waals surface area contributed by atoms with Crippen LogP contribution >= 0.6 is 0 Å². The van der Waals surface area contributed by atoms with Gasteiger partial charge in [-0.25, -0.2) is 4.98 Å². The Bertz CT molecular complexity index is 674. The van der Waals surface area contributed by atoms with Crippen molar-refractivity contribution < 1.29 is 0 Å². The summed E-state index contributed by atoms with van der Waals surface area (Å²) in [6, 6.07) is 10.3. The van der Waals surface area contributed by atoms with Crippen LogP contribution in [-0.2, 0) is 5.54 Å². The number of aryl methyl sites for hydroxylation is 1. The molecule has 0 amide bonds. The summed E-state index contributed by atoms with van der Waals surface area (Å²) < 4.78 is 2.07. The van der Waals surface area contributed by atoms with Crippen LogP contribution in [0.5, 0.6) is 0 Å². The van der Waals surface area contributed by atoms with Crippen molar-refractivity contribution in [1.29, 1.82) is 5.26 Å². The van der Waals surface area contributed by atoms with E-state index in [1.54, 1.807) is 0 Å². The van der Waals surface area contributed by atoms with Crippen LogP contribution in [0, 0.1) is 18.3 Å². The first kappa shape index (κ1) is 10.8. The molecular weight excluding hydrogens is 224 g/mol. The third kappa shape index (κ3) is 1.28. The zero-order valence-corrected chi connectivity index (χ0v) is 10.7. The summed E-state index contributed by atoms with van der Waals surface area (Å²) in [5.41, 5.74) is 3.25. The van der Waals surface area contributed by atoms with E-state index >= 15 is 0 Å². The molecule has 1 aliphatic heterocycles. The Morgan fingerprint density at radius 3 is 2.78 bits per heavy atom. The first-order valence-electron chi connectivity index (χ1n) is 5.92. The van der Waals surface area contributed by atoms with Crippen molar-refractivity contribution in [2.45, 2.75) is 26.3 Å². The topological polar surface area (TPSA) is 53.6 Å². The molecule has 3 rings (SSSR count). The van der Waals surface area contributed by atoms with Crippen LogP contribution in [0.4, 0.5) is 5.69 Å². The molecule has 1 aromatic carbocycles. The van der Waals surface area contributed by atoms with Gasteiger partial charge in [-0.05, 0) is 32.9 Å². The number of anilines is 1. The summed E-state index contributed by atoms with van der Waals surface area (Å²) in [6.07, 6.45) is 0. The molecule has 90 valence electrons. The molecule has 0 unspecified atom stereocenters. The fourth-order valence-corrected chi connectivity index (χ4v) is 2.65. The fraction of sp³-hybridized carbons (Fsp3) is 0.286. The van der Waals surface area contributed by atoms with E-state index < -0.39 is 0 Å². The van der Waals surface area contributed by atoms with Gasteiger partial charge in [0.05, 0.1) is 22.6 Å². The highest BCUT2D eigenvalue weighted by Crippen LogP contribution is 2.38. The third-order valence-electron chi connectivity index (χ3n) is 3.34. The van der Waals surface area contributed by atoms with E-state index in [1.807, 2.05) is 31.2 Å². The number of hydrogen-bond acceptors (Lipinski definition) is 3. The fourth-order valence-electron chi connectivity index (χ4n) is 2.65. The molecule has 4 nitrogen and oxygen atoms in total. The van der Waals surface area contributed by atoms with Crippen molar-refractivity contribution in [2.24, 2.45) is 0 Å². The molecule has 0 saturated carbocycles. The van der Waals surface area contributed by atoms with Gasteiger partial charge in [-0.15, -0.1) is 0 Å². The van der Waals surface area contributed by atoms with Gasteiger partial charge in [0, 0.05) is 0 Å². The predicted molar refractivity (Wildman–Crippen MR) is 69.7 cm³/mol. The highest BCUT2D eigenvalue weighted by Gasteiger charge is 2.35. The summed E-state index contributed by atoms with van der Waals surface area (Å²) >= 11 is 0. The lowest BCUT2D eigenvalue weighted by molar-refractivity contribution is 0.556. The van der Waals surface area contributed by atoms with E-state index in [-0.39, 0.29) is 5.54 Å². The molecule has 0 atom stereocenters. The SMILES string of the molecule is Cc1nc(C#N)c2n1-c1ccccc1NC2(C)C. The van der Waals surface area contributed by atoms with Crippen LogP contribution in [-0.4, -0.2) is 9.55 Å². The summed E-state index contributed by atoms with van der Waals surface area (Å²) in [6.45, 7) is 6.07. The van der Waals surface area contributed by atoms with Crippen LogP contribution < -0.4 is 5.32 Å². The van der Waals surface area contributed by atoms with Gasteiger partial charge in [0.25, 0.3) is 0 Å². The van der Waals surface area contributed by atoms with Crippen LogP contribution in [0.3, 0.4) is 0 Å². The third-order valence-corrected chi connectivity index (χ3v) is 3.34. The minimum atomic E-state index is -0.305. The van der Waals surface area contributed by atoms with Gasteiger partial charge in [-0.3, -0.25) is 4.57 Å². The first-order valence-corrected chi connectivity index (χ1v) is 5.92. The van der Waals surface area contributed by atoms with Gasteiger partial charge >= 0.3 is 0 Å². The number of para-hydroxylation sites is 2. The Balaban J connectivity index is 2.41. The molecule has 1 N–H and O–H groups in total. The van der Waals surface area contributed by atoms with Gasteiger partial charge in [0.1, 0.15) is 11.9 Å². The second kappa shape index (κ2) is 3.36. The number of rotatable bonds is 0. The molecule has 1 aliphatic rings. The number of imidazole rings is 1. The van der Waals surface area contributed by atoms with Crippen molar-refractivity contribution in [3.8, 4) is 11.8 Å². The smallest absolute Gasteiger partial charge is 0.164 e. The zero-order valence-electron chi connectivity index (χ0n) is 10.7. The number of nitrogens with one attached hydrogen (secondary N) is 1. The maximum Gasteiger partial charge on any atom is 0.164 e. The largest absolute Gasteiger partial charge is 0.373 e. The number of nitriles is 1. The predicted octanol–water partition coefficient (Wildman–Crippen LogP) is 2.71. The molecule has 18 heavy (non-hydrogen) atoms. The van der Waals surface area contributed by atoms with Crippen molar-refractivity contribution >= 4 is 5.69 Å². The average Bonchev–Trinajstić information content (AvgIpc) is 2.67. The van der Waals surface area contributed by atoms with Crippen molar-refractivity contribution in [2.75, 3.05) is 5.32 Å². The van der Waals surface area contributed by atoms with Crippen LogP contribution in [0.2, 0.25) is 0 Å². The minimum Gasteiger partial charge on any atom is -0.373 e. The van der Waals surface area contributed by atoms with E-state index in [4.69, 9.17) is 0 Å². The van der Waals surface area contributed by atoms with E-state index in [0.29, 0.717) is 5.69 Å². The van der Waals surface area contributed by atoms with Crippen LogP contribution in [0.1, 0.15) is 31.1 Å². The van der Waals surface area contributed by atoms with Crippen LogP contribution in [0.15, 0.2) is 24.3 Å². The lowest BCUT2D eigenvalue weighted by atomic mass is 9.95. The second-order valence-electron chi connectivity index (χ2n) is 5.07. The number of nitrogens with zero attached hydrogens (tertiary/aromatic N) is 3. The van der Waals surface area contributed by atoms with E-state index in [9.17, 15) is 5.26 Å². The van der Waals surface area contributed by atoms with Gasteiger partial charge in [0.15, 0.2) is 5.69 Å². The van der Waals surface area contributed by atoms with Gasteiger partial charge in [0.2, 0.25) is 0 Å². The van der Waals surface area contributed by atoms with Gasteiger partial charge < -0.3 is 5.32 Å². The molecule has 2 heterocycles.